The average molecular weight is 414 g/mol. The maximum Gasteiger partial charge on any atom is 0.251 e. The molecule has 1 aromatic carbocycles. The molecule has 1 fully saturated rings. The van der Waals surface area contributed by atoms with Crippen molar-refractivity contribution in [2.45, 2.75) is 31.7 Å². The monoisotopic (exact) mass is 413 g/mol. The minimum Gasteiger partial charge on any atom is -0.497 e. The SMILES string of the molecule is COc1cc(OC)cc(C(=O)NC[C@H]2CC[C@@H](Nc3nccc(N(C)C)n3)CC2)c1. The summed E-state index contributed by atoms with van der Waals surface area (Å²) in [6, 6.07) is 7.45. The van der Waals surface area contributed by atoms with E-state index in [1.54, 1.807) is 38.6 Å². The predicted molar refractivity (Wildman–Crippen MR) is 118 cm³/mol. The first-order valence-corrected chi connectivity index (χ1v) is 10.3. The lowest BCUT2D eigenvalue weighted by molar-refractivity contribution is 0.0942. The molecule has 1 aliphatic carbocycles. The molecule has 1 aromatic heterocycles. The van der Waals surface area contributed by atoms with Crippen molar-refractivity contribution in [3.05, 3.63) is 36.0 Å². The number of benzene rings is 1. The average Bonchev–Trinajstić information content (AvgIpc) is 2.78. The fraction of sp³-hybridized carbons (Fsp3) is 0.500. The van der Waals surface area contributed by atoms with Crippen molar-refractivity contribution in [1.82, 2.24) is 15.3 Å². The number of aromatic nitrogens is 2. The number of hydrogen-bond acceptors (Lipinski definition) is 7. The Morgan fingerprint density at radius 3 is 2.37 bits per heavy atom. The first-order chi connectivity index (χ1) is 14.5. The molecular weight excluding hydrogens is 382 g/mol. The third-order valence-corrected chi connectivity index (χ3v) is 5.44. The van der Waals surface area contributed by atoms with Gasteiger partial charge in [0.1, 0.15) is 17.3 Å². The lowest BCUT2D eigenvalue weighted by Crippen LogP contribution is -2.34. The molecule has 0 bridgehead atoms. The first kappa shape index (κ1) is 21.7. The van der Waals surface area contributed by atoms with Gasteiger partial charge in [0, 0.05) is 44.5 Å². The zero-order valence-corrected chi connectivity index (χ0v) is 18.1. The van der Waals surface area contributed by atoms with E-state index in [9.17, 15) is 4.79 Å². The molecule has 0 radical (unpaired) electrons. The van der Waals surface area contributed by atoms with Gasteiger partial charge in [0.2, 0.25) is 5.95 Å². The highest BCUT2D eigenvalue weighted by atomic mass is 16.5. The van der Waals surface area contributed by atoms with Crippen molar-refractivity contribution >= 4 is 17.7 Å². The van der Waals surface area contributed by atoms with Crippen LogP contribution in [0.1, 0.15) is 36.0 Å². The van der Waals surface area contributed by atoms with Crippen LogP contribution in [0, 0.1) is 5.92 Å². The lowest BCUT2D eigenvalue weighted by Gasteiger charge is -2.29. The van der Waals surface area contributed by atoms with E-state index in [2.05, 4.69) is 20.6 Å². The van der Waals surface area contributed by atoms with Crippen LogP contribution in [0.15, 0.2) is 30.5 Å². The fourth-order valence-electron chi connectivity index (χ4n) is 3.64. The second-order valence-electron chi connectivity index (χ2n) is 7.81. The minimum absolute atomic E-state index is 0.110. The van der Waals surface area contributed by atoms with Gasteiger partial charge in [-0.3, -0.25) is 4.79 Å². The van der Waals surface area contributed by atoms with Crippen molar-refractivity contribution in [3.8, 4) is 11.5 Å². The van der Waals surface area contributed by atoms with Gasteiger partial charge in [0.25, 0.3) is 5.91 Å². The fourth-order valence-corrected chi connectivity index (χ4v) is 3.64. The van der Waals surface area contributed by atoms with E-state index >= 15 is 0 Å². The van der Waals surface area contributed by atoms with E-state index in [0.29, 0.717) is 41.5 Å². The normalized spacial score (nSPS) is 18.4. The van der Waals surface area contributed by atoms with Crippen LogP contribution < -0.4 is 25.0 Å². The molecule has 2 aromatic rings. The molecule has 162 valence electrons. The predicted octanol–water partition coefficient (Wildman–Crippen LogP) is 2.96. The van der Waals surface area contributed by atoms with E-state index in [1.807, 2.05) is 25.1 Å². The summed E-state index contributed by atoms with van der Waals surface area (Å²) in [5.74, 6) is 3.12. The summed E-state index contributed by atoms with van der Waals surface area (Å²) in [7, 11) is 7.08. The van der Waals surface area contributed by atoms with Gasteiger partial charge in [-0.2, -0.15) is 4.98 Å². The maximum absolute atomic E-state index is 12.6. The Balaban J connectivity index is 1.47. The Bertz CT molecular complexity index is 828. The highest BCUT2D eigenvalue weighted by Crippen LogP contribution is 2.26. The zero-order valence-electron chi connectivity index (χ0n) is 18.1. The number of carbonyl (C=O) groups is 1. The van der Waals surface area contributed by atoms with E-state index in [0.717, 1.165) is 31.5 Å². The molecule has 8 nitrogen and oxygen atoms in total. The summed E-state index contributed by atoms with van der Waals surface area (Å²) < 4.78 is 10.5. The van der Waals surface area contributed by atoms with Crippen molar-refractivity contribution in [2.75, 3.05) is 45.1 Å². The summed E-state index contributed by atoms with van der Waals surface area (Å²) in [4.78, 5) is 23.4. The molecule has 30 heavy (non-hydrogen) atoms. The van der Waals surface area contributed by atoms with Gasteiger partial charge in [-0.1, -0.05) is 0 Å². The van der Waals surface area contributed by atoms with E-state index in [-0.39, 0.29) is 5.91 Å². The van der Waals surface area contributed by atoms with E-state index in [1.165, 1.54) is 0 Å². The standard InChI is InChI=1S/C22H31N5O3/c1-27(2)20-9-10-23-22(26-20)25-17-7-5-15(6-8-17)14-24-21(28)16-11-18(29-3)13-19(12-16)30-4/h9-13,15,17H,5-8,14H2,1-4H3,(H,24,28)(H,23,25,26)/t15-,17+. The molecule has 3 rings (SSSR count). The second kappa shape index (κ2) is 10.1. The molecule has 8 heteroatoms. The Morgan fingerprint density at radius 2 is 1.77 bits per heavy atom. The van der Waals surface area contributed by atoms with Gasteiger partial charge in [-0.15, -0.1) is 0 Å². The van der Waals surface area contributed by atoms with Crippen molar-refractivity contribution in [2.24, 2.45) is 5.92 Å². The van der Waals surface area contributed by atoms with Crippen molar-refractivity contribution in [1.29, 1.82) is 0 Å². The third-order valence-electron chi connectivity index (χ3n) is 5.44. The van der Waals surface area contributed by atoms with Gasteiger partial charge < -0.3 is 25.0 Å². The van der Waals surface area contributed by atoms with Gasteiger partial charge in [0.05, 0.1) is 14.2 Å². The molecule has 1 aliphatic rings. The number of rotatable bonds is 8. The highest BCUT2D eigenvalue weighted by molar-refractivity contribution is 5.95. The number of hydrogen-bond donors (Lipinski definition) is 2. The summed E-state index contributed by atoms with van der Waals surface area (Å²) in [5.41, 5.74) is 0.541. The number of amides is 1. The molecule has 0 spiro atoms. The van der Waals surface area contributed by atoms with Crippen molar-refractivity contribution in [3.63, 3.8) is 0 Å². The van der Waals surface area contributed by atoms with Gasteiger partial charge in [-0.05, 0) is 49.8 Å². The Morgan fingerprint density at radius 1 is 1.10 bits per heavy atom. The smallest absolute Gasteiger partial charge is 0.251 e. The minimum atomic E-state index is -0.110. The van der Waals surface area contributed by atoms with Crippen LogP contribution in [-0.2, 0) is 0 Å². The molecule has 0 saturated heterocycles. The molecule has 1 heterocycles. The largest absolute Gasteiger partial charge is 0.497 e. The second-order valence-corrected chi connectivity index (χ2v) is 7.81. The number of methoxy groups -OCH3 is 2. The van der Waals surface area contributed by atoms with Gasteiger partial charge in [-0.25, -0.2) is 4.98 Å². The quantitative estimate of drug-likeness (QED) is 0.688. The first-order valence-electron chi connectivity index (χ1n) is 10.3. The van der Waals surface area contributed by atoms with Crippen LogP contribution in [0.5, 0.6) is 11.5 Å². The topological polar surface area (TPSA) is 88.6 Å². The molecular formula is C22H31N5O3. The number of anilines is 2. The van der Waals surface area contributed by atoms with Crippen LogP contribution in [0.25, 0.3) is 0 Å². The van der Waals surface area contributed by atoms with Gasteiger partial charge >= 0.3 is 0 Å². The molecule has 1 saturated carbocycles. The van der Waals surface area contributed by atoms with Gasteiger partial charge in [0.15, 0.2) is 0 Å². The highest BCUT2D eigenvalue weighted by Gasteiger charge is 2.22. The molecule has 1 amide bonds. The molecule has 0 unspecified atom stereocenters. The summed E-state index contributed by atoms with van der Waals surface area (Å²) >= 11 is 0. The summed E-state index contributed by atoms with van der Waals surface area (Å²) in [6.07, 6.45) is 5.94. The van der Waals surface area contributed by atoms with Crippen LogP contribution in [0.4, 0.5) is 11.8 Å². The number of carbonyl (C=O) groups excluding carboxylic acids is 1. The third kappa shape index (κ3) is 5.75. The van der Waals surface area contributed by atoms with Crippen LogP contribution >= 0.6 is 0 Å². The molecule has 2 N–H and O–H groups in total. The Labute approximate surface area is 178 Å². The van der Waals surface area contributed by atoms with Crippen LogP contribution in [0.3, 0.4) is 0 Å². The number of ether oxygens (including phenoxy) is 2. The Kier molecular flexibility index (Phi) is 7.32. The summed E-state index contributed by atoms with van der Waals surface area (Å²) in [6.45, 7) is 0.664. The molecule has 0 atom stereocenters. The summed E-state index contributed by atoms with van der Waals surface area (Å²) in [5, 5.41) is 6.50. The maximum atomic E-state index is 12.6. The number of nitrogens with one attached hydrogen (secondary N) is 2. The number of nitrogens with zero attached hydrogens (tertiary/aromatic N) is 3. The van der Waals surface area contributed by atoms with E-state index in [4.69, 9.17) is 9.47 Å². The lowest BCUT2D eigenvalue weighted by atomic mass is 9.86. The van der Waals surface area contributed by atoms with Crippen molar-refractivity contribution < 1.29 is 14.3 Å². The van der Waals surface area contributed by atoms with E-state index < -0.39 is 0 Å². The molecule has 0 aliphatic heterocycles. The Hall–Kier alpha value is -3.03. The van der Waals surface area contributed by atoms with Crippen LogP contribution in [-0.4, -0.2) is 56.8 Å². The zero-order chi connectivity index (χ0) is 21.5. The van der Waals surface area contributed by atoms with Crippen LogP contribution in [0.2, 0.25) is 0 Å².